The number of carbonyl (C=O) groups excluding carboxylic acids is 2. The molecule has 0 spiro atoms. The van der Waals surface area contributed by atoms with Gasteiger partial charge in [0.1, 0.15) is 5.78 Å². The van der Waals surface area contributed by atoms with Crippen molar-refractivity contribution in [3.8, 4) is 0 Å². The second-order valence-electron chi connectivity index (χ2n) is 6.40. The van der Waals surface area contributed by atoms with E-state index in [0.29, 0.717) is 0 Å². The molecule has 0 radical (unpaired) electrons. The Morgan fingerprint density at radius 2 is 1.59 bits per heavy atom. The predicted octanol–water partition coefficient (Wildman–Crippen LogP) is 1.40. The van der Waals surface area contributed by atoms with E-state index in [0.717, 1.165) is 0 Å². The molecule has 22 heavy (non-hydrogen) atoms. The average Bonchev–Trinajstić information content (AvgIpc) is 2.38. The van der Waals surface area contributed by atoms with Crippen molar-refractivity contribution in [3.63, 3.8) is 0 Å². The highest BCUT2D eigenvalue weighted by Crippen LogP contribution is 2.19. The minimum absolute atomic E-state index is 0.0156. The highest BCUT2D eigenvalue weighted by atomic mass is 16.4. The summed E-state index contributed by atoms with van der Waals surface area (Å²) in [6.07, 6.45) is -0.914. The lowest BCUT2D eigenvalue weighted by molar-refractivity contribution is -0.138. The molecule has 0 aliphatic carbocycles. The van der Waals surface area contributed by atoms with Gasteiger partial charge in [0.15, 0.2) is 5.78 Å². The molecule has 0 aromatic rings. The summed E-state index contributed by atoms with van der Waals surface area (Å²) in [5.41, 5.74) is 0. The fourth-order valence-corrected chi connectivity index (χ4v) is 2.34. The second kappa shape index (κ2) is 9.69. The number of rotatable bonds is 11. The Balaban J connectivity index is 4.97. The van der Waals surface area contributed by atoms with Crippen molar-refractivity contribution in [1.82, 2.24) is 5.32 Å². The summed E-state index contributed by atoms with van der Waals surface area (Å²) < 4.78 is 0. The van der Waals surface area contributed by atoms with Crippen LogP contribution < -0.4 is 5.32 Å². The van der Waals surface area contributed by atoms with Gasteiger partial charge in [-0.15, -0.1) is 0 Å². The first-order valence-corrected chi connectivity index (χ1v) is 7.78. The van der Waals surface area contributed by atoms with Crippen LogP contribution in [0.15, 0.2) is 0 Å². The molecule has 3 N–H and O–H groups in total. The number of hydrogen-bond donors (Lipinski definition) is 3. The summed E-state index contributed by atoms with van der Waals surface area (Å²) in [6.45, 7) is 8.72. The first-order chi connectivity index (χ1) is 10.1. The van der Waals surface area contributed by atoms with Gasteiger partial charge in [0, 0.05) is 30.7 Å². The van der Waals surface area contributed by atoms with Gasteiger partial charge in [-0.25, -0.2) is 0 Å². The van der Waals surface area contributed by atoms with E-state index in [1.54, 1.807) is 13.8 Å². The number of nitrogens with one attached hydrogen (secondary N) is 1. The molecule has 0 unspecified atom stereocenters. The molecule has 0 aromatic heterocycles. The standard InChI is InChI=1S/C16H29NO5/c1-9(2)16(22)12(6-7-14(20)21)8-13(19)15(11(5)18)17-10(3)4/h9-12,15,17-18H,6-8H2,1-5H3,(H,20,21)/t11-,12-,15+/m1/s1. The monoisotopic (exact) mass is 315 g/mol. The SMILES string of the molecule is CC(C)N[C@H](C(=O)C[C@@H](CCC(=O)O)C(=O)C(C)C)[C@@H](C)O. The number of carbonyl (C=O) groups is 3. The van der Waals surface area contributed by atoms with E-state index in [9.17, 15) is 19.5 Å². The molecule has 6 heteroatoms. The zero-order valence-corrected chi connectivity index (χ0v) is 14.1. The lowest BCUT2D eigenvalue weighted by Gasteiger charge is -2.25. The summed E-state index contributed by atoms with van der Waals surface area (Å²) in [7, 11) is 0. The lowest BCUT2D eigenvalue weighted by Crippen LogP contribution is -2.48. The molecule has 0 aromatic carbocycles. The van der Waals surface area contributed by atoms with E-state index in [2.05, 4.69) is 5.32 Å². The van der Waals surface area contributed by atoms with Crippen LogP contribution in [0, 0.1) is 11.8 Å². The molecule has 0 aliphatic heterocycles. The Morgan fingerprint density at radius 1 is 1.05 bits per heavy atom. The minimum Gasteiger partial charge on any atom is -0.481 e. The molecule has 128 valence electrons. The number of ketones is 2. The molecule has 0 rings (SSSR count). The van der Waals surface area contributed by atoms with Gasteiger partial charge in [-0.2, -0.15) is 0 Å². The van der Waals surface area contributed by atoms with E-state index >= 15 is 0 Å². The summed E-state index contributed by atoms with van der Waals surface area (Å²) in [5.74, 6) is -2.22. The second-order valence-corrected chi connectivity index (χ2v) is 6.40. The van der Waals surface area contributed by atoms with Crippen molar-refractivity contribution in [1.29, 1.82) is 0 Å². The third-order valence-corrected chi connectivity index (χ3v) is 3.47. The number of aliphatic hydroxyl groups excluding tert-OH is 1. The third kappa shape index (κ3) is 7.66. The van der Waals surface area contributed by atoms with Gasteiger partial charge in [0.2, 0.25) is 0 Å². The number of Topliss-reactive ketones (excluding diaryl/α,β-unsaturated/α-hetero) is 2. The Morgan fingerprint density at radius 3 is 1.95 bits per heavy atom. The highest BCUT2D eigenvalue weighted by molar-refractivity contribution is 5.91. The predicted molar refractivity (Wildman–Crippen MR) is 83.6 cm³/mol. The van der Waals surface area contributed by atoms with Gasteiger partial charge in [-0.05, 0) is 13.3 Å². The fraction of sp³-hybridized carbons (Fsp3) is 0.812. The number of hydrogen-bond acceptors (Lipinski definition) is 5. The van der Waals surface area contributed by atoms with Crippen molar-refractivity contribution in [2.45, 2.75) is 72.1 Å². The summed E-state index contributed by atoms with van der Waals surface area (Å²) in [6, 6.07) is -0.728. The van der Waals surface area contributed by atoms with Gasteiger partial charge in [0.25, 0.3) is 0 Å². The van der Waals surface area contributed by atoms with Crippen LogP contribution in [-0.4, -0.2) is 45.9 Å². The molecule has 0 aliphatic rings. The Kier molecular flexibility index (Phi) is 9.13. The summed E-state index contributed by atoms with van der Waals surface area (Å²) >= 11 is 0. The van der Waals surface area contributed by atoms with Crippen LogP contribution in [0.3, 0.4) is 0 Å². The van der Waals surface area contributed by atoms with Gasteiger partial charge in [-0.3, -0.25) is 14.4 Å². The maximum absolute atomic E-state index is 12.4. The molecular formula is C16H29NO5. The largest absolute Gasteiger partial charge is 0.481 e. The maximum atomic E-state index is 12.4. The van der Waals surface area contributed by atoms with E-state index < -0.39 is 24.0 Å². The van der Waals surface area contributed by atoms with Crippen LogP contribution in [0.5, 0.6) is 0 Å². The van der Waals surface area contributed by atoms with Gasteiger partial charge in [0.05, 0.1) is 12.1 Å². The Hall–Kier alpha value is -1.27. The zero-order valence-electron chi connectivity index (χ0n) is 14.1. The maximum Gasteiger partial charge on any atom is 0.303 e. The van der Waals surface area contributed by atoms with Gasteiger partial charge < -0.3 is 15.5 Å². The van der Waals surface area contributed by atoms with E-state index in [1.165, 1.54) is 6.92 Å². The lowest BCUT2D eigenvalue weighted by atomic mass is 9.85. The number of aliphatic carboxylic acids is 1. The van der Waals surface area contributed by atoms with Crippen LogP contribution in [0.2, 0.25) is 0 Å². The van der Waals surface area contributed by atoms with E-state index in [1.807, 2.05) is 13.8 Å². The Labute approximate surface area is 132 Å². The smallest absolute Gasteiger partial charge is 0.303 e. The van der Waals surface area contributed by atoms with Crippen molar-refractivity contribution >= 4 is 17.5 Å². The normalized spacial score (nSPS) is 15.6. The van der Waals surface area contributed by atoms with Crippen LogP contribution in [0.1, 0.15) is 53.9 Å². The minimum atomic E-state index is -0.985. The zero-order chi connectivity index (χ0) is 17.4. The van der Waals surface area contributed by atoms with E-state index in [4.69, 9.17) is 5.11 Å². The molecule has 0 saturated carbocycles. The van der Waals surface area contributed by atoms with Crippen LogP contribution in [0.4, 0.5) is 0 Å². The fourth-order valence-electron chi connectivity index (χ4n) is 2.34. The third-order valence-electron chi connectivity index (χ3n) is 3.47. The molecule has 0 amide bonds. The van der Waals surface area contributed by atoms with Gasteiger partial charge in [-0.1, -0.05) is 27.7 Å². The van der Waals surface area contributed by atoms with Crippen LogP contribution in [0.25, 0.3) is 0 Å². The van der Waals surface area contributed by atoms with Crippen LogP contribution in [-0.2, 0) is 14.4 Å². The highest BCUT2D eigenvalue weighted by Gasteiger charge is 2.30. The number of carboxylic acids is 1. The number of aliphatic hydroxyl groups is 1. The molecular weight excluding hydrogens is 286 g/mol. The van der Waals surface area contributed by atoms with Crippen molar-refractivity contribution in [2.75, 3.05) is 0 Å². The molecule has 0 saturated heterocycles. The van der Waals surface area contributed by atoms with Crippen molar-refractivity contribution in [2.24, 2.45) is 11.8 Å². The molecule has 6 nitrogen and oxygen atoms in total. The molecule has 0 fully saturated rings. The van der Waals surface area contributed by atoms with Crippen molar-refractivity contribution in [3.05, 3.63) is 0 Å². The quantitative estimate of drug-likeness (QED) is 0.532. The topological polar surface area (TPSA) is 104 Å². The molecule has 0 heterocycles. The average molecular weight is 315 g/mol. The van der Waals surface area contributed by atoms with Crippen LogP contribution >= 0.6 is 0 Å². The van der Waals surface area contributed by atoms with Gasteiger partial charge >= 0.3 is 5.97 Å². The molecule has 0 bridgehead atoms. The first kappa shape index (κ1) is 20.7. The number of carboxylic acid groups (broad SMARTS) is 1. The summed E-state index contributed by atoms with van der Waals surface area (Å²) in [4.78, 5) is 35.3. The Bertz CT molecular complexity index is 390. The summed E-state index contributed by atoms with van der Waals surface area (Å²) in [5, 5.41) is 21.5. The first-order valence-electron chi connectivity index (χ1n) is 7.78. The molecule has 3 atom stereocenters. The van der Waals surface area contributed by atoms with E-state index in [-0.39, 0.29) is 42.8 Å². The van der Waals surface area contributed by atoms with Crippen molar-refractivity contribution < 1.29 is 24.6 Å².